The third-order valence-electron chi connectivity index (χ3n) is 4.28. The predicted octanol–water partition coefficient (Wildman–Crippen LogP) is 3.05. The monoisotopic (exact) mass is 443 g/mol. The Morgan fingerprint density at radius 3 is 2.73 bits per heavy atom. The van der Waals surface area contributed by atoms with Gasteiger partial charge in [0.05, 0.1) is 18.3 Å². The van der Waals surface area contributed by atoms with Crippen LogP contribution in [0.4, 0.5) is 5.69 Å². The Morgan fingerprint density at radius 2 is 1.97 bits per heavy atom. The number of aryl methyl sites for hydroxylation is 2. The summed E-state index contributed by atoms with van der Waals surface area (Å²) in [6, 6.07) is 3.86. The Kier molecular flexibility index (Phi) is 4.64. The van der Waals surface area contributed by atoms with Gasteiger partial charge < -0.3 is 4.98 Å². The molecule has 9 nitrogen and oxygen atoms in total. The lowest BCUT2D eigenvalue weighted by Gasteiger charge is -2.13. The van der Waals surface area contributed by atoms with Crippen molar-refractivity contribution >= 4 is 44.3 Å². The van der Waals surface area contributed by atoms with E-state index in [4.69, 9.17) is 13.0 Å². The highest BCUT2D eigenvalue weighted by Gasteiger charge is 2.24. The van der Waals surface area contributed by atoms with Crippen molar-refractivity contribution in [2.45, 2.75) is 18.7 Å². The Morgan fingerprint density at radius 1 is 1.17 bits per heavy atom. The molecule has 11 heteroatoms. The van der Waals surface area contributed by atoms with Gasteiger partial charge in [0.15, 0.2) is 5.65 Å². The molecule has 1 aromatic carbocycles. The second kappa shape index (κ2) is 7.47. The van der Waals surface area contributed by atoms with Gasteiger partial charge in [-0.25, -0.2) is 23.4 Å². The van der Waals surface area contributed by atoms with Gasteiger partial charge in [-0.2, -0.15) is 0 Å². The van der Waals surface area contributed by atoms with E-state index in [1.165, 1.54) is 31.0 Å². The highest BCUT2D eigenvalue weighted by molar-refractivity contribution is 7.92. The summed E-state index contributed by atoms with van der Waals surface area (Å²) < 4.78 is 36.3. The third kappa shape index (κ3) is 3.62. The second-order valence-electron chi connectivity index (χ2n) is 6.50. The van der Waals surface area contributed by atoms with Crippen LogP contribution < -0.4 is 4.72 Å². The van der Waals surface area contributed by atoms with E-state index in [9.17, 15) is 13.2 Å². The number of hydrogen-bond donors (Lipinski definition) is 2. The van der Waals surface area contributed by atoms with E-state index < -0.39 is 15.8 Å². The van der Waals surface area contributed by atoms with Gasteiger partial charge in [0.1, 0.15) is 23.2 Å². The first-order valence-corrected chi connectivity index (χ1v) is 10.5. The zero-order valence-electron chi connectivity index (χ0n) is 16.8. The van der Waals surface area contributed by atoms with Crippen LogP contribution in [0.15, 0.2) is 48.0 Å². The Bertz CT molecular complexity index is 1430. The van der Waals surface area contributed by atoms with Crippen LogP contribution in [0.25, 0.3) is 11.2 Å². The number of nitrogens with zero attached hydrogens (tertiary/aromatic N) is 4. The first-order chi connectivity index (χ1) is 14.7. The summed E-state index contributed by atoms with van der Waals surface area (Å²) in [6.07, 6.45) is 4.02. The molecule has 0 aliphatic rings. The molecule has 0 amide bonds. The van der Waals surface area contributed by atoms with Crippen molar-refractivity contribution in [2.75, 3.05) is 4.72 Å². The number of benzene rings is 1. The largest absolute Gasteiger partial charge is 0.341 e. The molecule has 4 rings (SSSR count). The lowest BCUT2D eigenvalue weighted by molar-refractivity contribution is 0.103. The van der Waals surface area contributed by atoms with Crippen molar-refractivity contribution in [1.82, 2.24) is 24.9 Å². The molecular weight excluding hydrogens is 428 g/mol. The minimum Gasteiger partial charge on any atom is -0.341 e. The number of ketones is 1. The molecule has 0 spiro atoms. The summed E-state index contributed by atoms with van der Waals surface area (Å²) >= 11 is 5.98. The van der Waals surface area contributed by atoms with E-state index in [0.29, 0.717) is 22.3 Å². The summed E-state index contributed by atoms with van der Waals surface area (Å²) in [4.78, 5) is 32.0. The van der Waals surface area contributed by atoms with Crippen LogP contribution >= 0.6 is 11.6 Å². The summed E-state index contributed by atoms with van der Waals surface area (Å²) in [5.41, 5.74) is 1.54. The number of carbonyl (C=O) groups is 1. The molecule has 152 valence electrons. The number of aromatic nitrogens is 5. The molecule has 0 unspecified atom stereocenters. The Hall–Kier alpha value is -3.37. The number of hydrogen-bond acceptors (Lipinski definition) is 7. The summed E-state index contributed by atoms with van der Waals surface area (Å²) in [5.74, 6) is -0.609. The number of fused-ring (bicyclic) bond motifs is 1. The smallest absolute Gasteiger partial charge is 0.261 e. The normalized spacial score (nSPS) is 12.0. The summed E-state index contributed by atoms with van der Waals surface area (Å²) in [7, 11) is -4.14. The Labute approximate surface area is 178 Å². The molecule has 4 aromatic rings. The number of carbonyl (C=O) groups excluding carboxylic acids is 1. The number of halogens is 1. The number of H-pyrrole nitrogens is 1. The van der Waals surface area contributed by atoms with Gasteiger partial charge in [-0.05, 0) is 49.2 Å². The highest BCUT2D eigenvalue weighted by atomic mass is 35.5. The number of sulfonamides is 1. The zero-order chi connectivity index (χ0) is 22.3. The van der Waals surface area contributed by atoms with E-state index in [-0.39, 0.29) is 33.0 Å². The fourth-order valence-electron chi connectivity index (χ4n) is 2.80. The first-order valence-electron chi connectivity index (χ1n) is 9.12. The lowest BCUT2D eigenvalue weighted by atomic mass is 10.1. The number of rotatable bonds is 5. The molecule has 0 saturated carbocycles. The molecule has 2 N–H and O–H groups in total. The number of pyridine rings is 1. The average molecular weight is 444 g/mol. The highest BCUT2D eigenvalue weighted by Crippen LogP contribution is 2.25. The standard InChI is InChI=1S/C19H15ClN6O3S/c1-10-5-14(26-30(28,29)12-3-4-13(20)11(2)6-12)15(21-7-10)18(27)16-17-19(24-8-22-16)25-9-23-17/h3-9,26H,1-2H3,(H,22,23,24,25)/i4D. The zero-order valence-corrected chi connectivity index (χ0v) is 17.3. The van der Waals surface area contributed by atoms with Crippen molar-refractivity contribution in [3.63, 3.8) is 0 Å². The van der Waals surface area contributed by atoms with Crippen LogP contribution in [-0.2, 0) is 10.0 Å². The SMILES string of the molecule is [2H]c1cc(S(=O)(=O)Nc2cc(C)cnc2C(=O)c2ncnc3nc[nH]c23)cc(C)c1Cl. The maximum absolute atomic E-state index is 13.2. The maximum Gasteiger partial charge on any atom is 0.261 e. The van der Waals surface area contributed by atoms with E-state index in [2.05, 4.69) is 29.6 Å². The molecule has 0 saturated heterocycles. The van der Waals surface area contributed by atoms with Crippen LogP contribution in [0, 0.1) is 13.8 Å². The van der Waals surface area contributed by atoms with Gasteiger partial charge >= 0.3 is 0 Å². The topological polar surface area (TPSA) is 131 Å². The molecule has 3 heterocycles. The fraction of sp³-hybridized carbons (Fsp3) is 0.105. The maximum atomic E-state index is 13.2. The minimum atomic E-state index is -4.14. The van der Waals surface area contributed by atoms with E-state index in [0.717, 1.165) is 6.07 Å². The van der Waals surface area contributed by atoms with Crippen LogP contribution in [0.2, 0.25) is 5.02 Å². The lowest BCUT2D eigenvalue weighted by Crippen LogP contribution is -2.18. The van der Waals surface area contributed by atoms with Gasteiger partial charge in [0, 0.05) is 11.2 Å². The van der Waals surface area contributed by atoms with Gasteiger partial charge in [-0.15, -0.1) is 0 Å². The molecule has 0 radical (unpaired) electrons. The number of imidazole rings is 1. The fourth-order valence-corrected chi connectivity index (χ4v) is 4.02. The molecule has 0 aliphatic heterocycles. The van der Waals surface area contributed by atoms with Crippen molar-refractivity contribution in [1.29, 1.82) is 0 Å². The quantitative estimate of drug-likeness (QED) is 0.453. The van der Waals surface area contributed by atoms with Gasteiger partial charge in [-0.3, -0.25) is 14.5 Å². The van der Waals surface area contributed by atoms with E-state index in [1.807, 2.05) is 0 Å². The first kappa shape index (κ1) is 18.6. The predicted molar refractivity (Wildman–Crippen MR) is 111 cm³/mol. The van der Waals surface area contributed by atoms with E-state index in [1.54, 1.807) is 13.8 Å². The third-order valence-corrected chi connectivity index (χ3v) is 6.03. The molecule has 0 bridgehead atoms. The summed E-state index contributed by atoms with van der Waals surface area (Å²) in [6.45, 7) is 3.32. The van der Waals surface area contributed by atoms with Crippen LogP contribution in [0.1, 0.15) is 28.7 Å². The minimum absolute atomic E-state index is 0.00934. The van der Waals surface area contributed by atoms with Gasteiger partial charge in [0.25, 0.3) is 10.0 Å². The number of nitrogens with one attached hydrogen (secondary N) is 2. The molecular formula is C19H15ClN6O3S. The molecule has 0 aliphatic carbocycles. The van der Waals surface area contributed by atoms with Crippen molar-refractivity contribution < 1.29 is 14.6 Å². The molecule has 30 heavy (non-hydrogen) atoms. The van der Waals surface area contributed by atoms with Gasteiger partial charge in [-0.1, -0.05) is 11.6 Å². The average Bonchev–Trinajstić information content (AvgIpc) is 3.20. The number of anilines is 1. The second-order valence-corrected chi connectivity index (χ2v) is 8.56. The van der Waals surface area contributed by atoms with Gasteiger partial charge in [0.2, 0.25) is 5.78 Å². The summed E-state index contributed by atoms with van der Waals surface area (Å²) in [5, 5.41) is 0.166. The van der Waals surface area contributed by atoms with Crippen molar-refractivity contribution in [2.24, 2.45) is 0 Å². The molecule has 3 aromatic heterocycles. The van der Waals surface area contributed by atoms with E-state index >= 15 is 0 Å². The van der Waals surface area contributed by atoms with Crippen molar-refractivity contribution in [3.8, 4) is 0 Å². The Balaban J connectivity index is 1.79. The number of aromatic amines is 1. The molecule has 0 atom stereocenters. The molecule has 0 fully saturated rings. The van der Waals surface area contributed by atoms with Crippen LogP contribution in [-0.4, -0.2) is 39.1 Å². The van der Waals surface area contributed by atoms with Crippen LogP contribution in [0.5, 0.6) is 0 Å². The van der Waals surface area contributed by atoms with Crippen LogP contribution in [0.3, 0.4) is 0 Å². The van der Waals surface area contributed by atoms with Crippen molar-refractivity contribution in [3.05, 3.63) is 70.6 Å².